The van der Waals surface area contributed by atoms with Crippen molar-refractivity contribution >= 4 is 5.82 Å². The monoisotopic (exact) mass is 322 g/mol. The van der Waals surface area contributed by atoms with Gasteiger partial charge in [0.25, 0.3) is 0 Å². The average Bonchev–Trinajstić information content (AvgIpc) is 2.56. The highest BCUT2D eigenvalue weighted by molar-refractivity contribution is 5.38. The van der Waals surface area contributed by atoms with Gasteiger partial charge in [-0.3, -0.25) is 4.90 Å². The third kappa shape index (κ3) is 3.44. The molecule has 2 aliphatic rings. The van der Waals surface area contributed by atoms with Crippen LogP contribution in [0, 0.1) is 6.92 Å². The summed E-state index contributed by atoms with van der Waals surface area (Å²) in [5.74, 6) is 2.74. The normalized spacial score (nSPS) is 19.3. The second kappa shape index (κ2) is 6.89. The van der Waals surface area contributed by atoms with Crippen LogP contribution in [0.25, 0.3) is 0 Å². The van der Waals surface area contributed by atoms with Gasteiger partial charge in [-0.25, -0.2) is 9.97 Å². The van der Waals surface area contributed by atoms with Crippen molar-refractivity contribution < 1.29 is 0 Å². The maximum atomic E-state index is 4.54. The number of anilines is 1. The van der Waals surface area contributed by atoms with E-state index >= 15 is 0 Å². The number of benzene rings is 1. The fourth-order valence-corrected chi connectivity index (χ4v) is 3.65. The van der Waals surface area contributed by atoms with E-state index in [1.165, 1.54) is 30.4 Å². The molecule has 1 aliphatic heterocycles. The van der Waals surface area contributed by atoms with Crippen LogP contribution in [0.15, 0.2) is 36.5 Å². The standard InChI is InChI=1S/C20H26N4/c1-16-21-10-9-20(22-16)24-13-11-23(12-14-24)15-17-5-7-19(8-6-17)18-3-2-4-18/h5-10,18H,2-4,11-15H2,1H3. The van der Waals surface area contributed by atoms with E-state index in [1.54, 1.807) is 0 Å². The molecule has 2 heterocycles. The largest absolute Gasteiger partial charge is 0.354 e. The predicted octanol–water partition coefficient (Wildman–Crippen LogP) is 3.37. The van der Waals surface area contributed by atoms with Gasteiger partial charge in [-0.05, 0) is 42.9 Å². The quantitative estimate of drug-likeness (QED) is 0.864. The van der Waals surface area contributed by atoms with Gasteiger partial charge < -0.3 is 4.90 Å². The van der Waals surface area contributed by atoms with E-state index in [-0.39, 0.29) is 0 Å². The Morgan fingerprint density at radius 2 is 1.75 bits per heavy atom. The van der Waals surface area contributed by atoms with E-state index in [0.717, 1.165) is 50.3 Å². The summed E-state index contributed by atoms with van der Waals surface area (Å²) in [5, 5.41) is 0. The number of hydrogen-bond donors (Lipinski definition) is 0. The average molecular weight is 322 g/mol. The predicted molar refractivity (Wildman–Crippen MR) is 97.3 cm³/mol. The van der Waals surface area contributed by atoms with E-state index in [1.807, 2.05) is 19.2 Å². The molecule has 1 aromatic heterocycles. The molecule has 0 unspecified atom stereocenters. The van der Waals surface area contributed by atoms with E-state index < -0.39 is 0 Å². The first kappa shape index (κ1) is 15.6. The Morgan fingerprint density at radius 1 is 1.00 bits per heavy atom. The number of hydrogen-bond acceptors (Lipinski definition) is 4. The lowest BCUT2D eigenvalue weighted by Crippen LogP contribution is -2.46. The molecule has 0 N–H and O–H groups in total. The molecule has 0 spiro atoms. The smallest absolute Gasteiger partial charge is 0.132 e. The van der Waals surface area contributed by atoms with Crippen LogP contribution in [0.1, 0.15) is 42.1 Å². The van der Waals surface area contributed by atoms with Gasteiger partial charge >= 0.3 is 0 Å². The summed E-state index contributed by atoms with van der Waals surface area (Å²) in [4.78, 5) is 13.6. The Morgan fingerprint density at radius 3 is 2.38 bits per heavy atom. The van der Waals surface area contributed by atoms with Crippen molar-refractivity contribution in [1.29, 1.82) is 0 Å². The fourth-order valence-electron chi connectivity index (χ4n) is 3.65. The van der Waals surface area contributed by atoms with Gasteiger partial charge in [-0.1, -0.05) is 30.7 Å². The fraction of sp³-hybridized carbons (Fsp3) is 0.500. The first-order chi connectivity index (χ1) is 11.8. The SMILES string of the molecule is Cc1nccc(N2CCN(Cc3ccc(C4CCC4)cc3)CC2)n1. The summed E-state index contributed by atoms with van der Waals surface area (Å²) < 4.78 is 0. The van der Waals surface area contributed by atoms with Crippen molar-refractivity contribution in [1.82, 2.24) is 14.9 Å². The Balaban J connectivity index is 1.31. The lowest BCUT2D eigenvalue weighted by Gasteiger charge is -2.35. The number of aromatic nitrogens is 2. The summed E-state index contributed by atoms with van der Waals surface area (Å²) in [5.41, 5.74) is 2.97. The van der Waals surface area contributed by atoms with Crippen LogP contribution < -0.4 is 4.90 Å². The molecule has 1 aliphatic carbocycles. The molecule has 0 radical (unpaired) electrons. The van der Waals surface area contributed by atoms with Crippen LogP contribution in [0.3, 0.4) is 0 Å². The highest BCUT2D eigenvalue weighted by atomic mass is 15.3. The van der Waals surface area contributed by atoms with Crippen molar-refractivity contribution in [2.45, 2.75) is 38.6 Å². The highest BCUT2D eigenvalue weighted by Gasteiger charge is 2.20. The Kier molecular flexibility index (Phi) is 4.48. The molecule has 0 atom stereocenters. The molecule has 24 heavy (non-hydrogen) atoms. The summed E-state index contributed by atoms with van der Waals surface area (Å²) in [6.45, 7) is 7.27. The van der Waals surface area contributed by atoms with Crippen molar-refractivity contribution in [3.8, 4) is 0 Å². The summed E-state index contributed by atoms with van der Waals surface area (Å²) >= 11 is 0. The zero-order valence-electron chi connectivity index (χ0n) is 14.5. The second-order valence-corrected chi connectivity index (χ2v) is 7.09. The lowest BCUT2D eigenvalue weighted by molar-refractivity contribution is 0.249. The molecule has 0 bridgehead atoms. The van der Waals surface area contributed by atoms with Crippen molar-refractivity contribution in [3.63, 3.8) is 0 Å². The van der Waals surface area contributed by atoms with E-state index in [9.17, 15) is 0 Å². The van der Waals surface area contributed by atoms with E-state index in [0.29, 0.717) is 0 Å². The highest BCUT2D eigenvalue weighted by Crippen LogP contribution is 2.36. The molecule has 4 rings (SSSR count). The number of piperazine rings is 1. The number of rotatable bonds is 4. The van der Waals surface area contributed by atoms with Gasteiger partial charge in [0, 0.05) is 38.9 Å². The molecular weight excluding hydrogens is 296 g/mol. The summed E-state index contributed by atoms with van der Waals surface area (Å²) in [6.07, 6.45) is 6.02. The first-order valence-corrected chi connectivity index (χ1v) is 9.14. The van der Waals surface area contributed by atoms with E-state index in [4.69, 9.17) is 0 Å². The minimum atomic E-state index is 0.832. The van der Waals surface area contributed by atoms with Crippen molar-refractivity contribution in [2.75, 3.05) is 31.1 Å². The van der Waals surface area contributed by atoms with Crippen LogP contribution in [0.4, 0.5) is 5.82 Å². The first-order valence-electron chi connectivity index (χ1n) is 9.14. The van der Waals surface area contributed by atoms with E-state index in [2.05, 4.69) is 44.0 Å². The van der Waals surface area contributed by atoms with Gasteiger partial charge in [0.1, 0.15) is 11.6 Å². The molecule has 2 aromatic rings. The molecule has 4 nitrogen and oxygen atoms in total. The van der Waals surface area contributed by atoms with Crippen LogP contribution in [0.2, 0.25) is 0 Å². The van der Waals surface area contributed by atoms with Gasteiger partial charge in [-0.2, -0.15) is 0 Å². The van der Waals surface area contributed by atoms with Crippen LogP contribution in [0.5, 0.6) is 0 Å². The van der Waals surface area contributed by atoms with Gasteiger partial charge in [0.15, 0.2) is 0 Å². The van der Waals surface area contributed by atoms with Crippen molar-refractivity contribution in [2.24, 2.45) is 0 Å². The zero-order valence-corrected chi connectivity index (χ0v) is 14.5. The molecule has 2 fully saturated rings. The van der Waals surface area contributed by atoms with Gasteiger partial charge in [0.05, 0.1) is 0 Å². The molecule has 126 valence electrons. The van der Waals surface area contributed by atoms with Crippen LogP contribution in [-0.4, -0.2) is 41.0 Å². The van der Waals surface area contributed by atoms with Crippen LogP contribution >= 0.6 is 0 Å². The Bertz CT molecular complexity index is 670. The maximum absolute atomic E-state index is 4.54. The summed E-state index contributed by atoms with van der Waals surface area (Å²) in [6, 6.07) is 11.4. The summed E-state index contributed by atoms with van der Waals surface area (Å²) in [7, 11) is 0. The molecule has 0 amide bonds. The lowest BCUT2D eigenvalue weighted by atomic mass is 9.80. The second-order valence-electron chi connectivity index (χ2n) is 7.09. The molecule has 1 aromatic carbocycles. The molecule has 4 heteroatoms. The third-order valence-corrected chi connectivity index (χ3v) is 5.42. The number of aryl methyl sites for hydroxylation is 1. The molecule has 1 saturated carbocycles. The van der Waals surface area contributed by atoms with Crippen molar-refractivity contribution in [3.05, 3.63) is 53.5 Å². The minimum absolute atomic E-state index is 0.832. The Labute approximate surface area is 144 Å². The van der Waals surface area contributed by atoms with Gasteiger partial charge in [-0.15, -0.1) is 0 Å². The number of nitrogens with zero attached hydrogens (tertiary/aromatic N) is 4. The molecule has 1 saturated heterocycles. The Hall–Kier alpha value is -1.94. The minimum Gasteiger partial charge on any atom is -0.354 e. The topological polar surface area (TPSA) is 32.3 Å². The van der Waals surface area contributed by atoms with Gasteiger partial charge in [0.2, 0.25) is 0 Å². The maximum Gasteiger partial charge on any atom is 0.132 e. The zero-order chi connectivity index (χ0) is 16.4. The van der Waals surface area contributed by atoms with Crippen LogP contribution in [-0.2, 0) is 6.54 Å². The molecular formula is C20H26N4. The third-order valence-electron chi connectivity index (χ3n) is 5.42.